The van der Waals surface area contributed by atoms with Crippen molar-refractivity contribution in [3.8, 4) is 0 Å². The van der Waals surface area contributed by atoms with E-state index in [4.69, 9.17) is 0 Å². The molecule has 146 valence electrons. The Balaban J connectivity index is 2.15. The number of nitrogens with zero attached hydrogens (tertiary/aromatic N) is 2. The molecule has 0 radical (unpaired) electrons. The van der Waals surface area contributed by atoms with Gasteiger partial charge in [0, 0.05) is 26.4 Å². The molecule has 1 aromatic carbocycles. The van der Waals surface area contributed by atoms with Crippen LogP contribution < -0.4 is 5.32 Å². The van der Waals surface area contributed by atoms with E-state index in [1.54, 1.807) is 0 Å². The van der Waals surface area contributed by atoms with E-state index < -0.39 is 40.1 Å². The van der Waals surface area contributed by atoms with Crippen molar-refractivity contribution in [2.75, 3.05) is 26.0 Å². The van der Waals surface area contributed by atoms with Gasteiger partial charge in [-0.1, -0.05) is 0 Å². The number of sulfonamides is 1. The molecular formula is C16H17F2N3O5S. The van der Waals surface area contributed by atoms with Gasteiger partial charge < -0.3 is 14.6 Å². The molecule has 0 aliphatic heterocycles. The van der Waals surface area contributed by atoms with Gasteiger partial charge in [-0.05, 0) is 18.2 Å². The van der Waals surface area contributed by atoms with Crippen molar-refractivity contribution in [2.45, 2.75) is 4.90 Å². The van der Waals surface area contributed by atoms with Gasteiger partial charge in [-0.25, -0.2) is 22.0 Å². The topological polar surface area (TPSA) is 97.7 Å². The minimum atomic E-state index is -4.10. The van der Waals surface area contributed by atoms with Crippen LogP contribution in [0.15, 0.2) is 35.4 Å². The van der Waals surface area contributed by atoms with Crippen LogP contribution in [0.5, 0.6) is 0 Å². The second-order valence-corrected chi connectivity index (χ2v) is 7.64. The highest BCUT2D eigenvalue weighted by Gasteiger charge is 2.26. The number of benzene rings is 1. The first-order chi connectivity index (χ1) is 12.6. The number of aryl methyl sites for hydroxylation is 1. The molecule has 0 aliphatic carbocycles. The van der Waals surface area contributed by atoms with Gasteiger partial charge in [0.05, 0.1) is 19.3 Å². The van der Waals surface area contributed by atoms with Gasteiger partial charge in [0.15, 0.2) is 0 Å². The minimum Gasteiger partial charge on any atom is -0.464 e. The van der Waals surface area contributed by atoms with Crippen LogP contribution in [0.2, 0.25) is 0 Å². The Morgan fingerprint density at radius 2 is 1.93 bits per heavy atom. The van der Waals surface area contributed by atoms with E-state index in [2.05, 4.69) is 10.1 Å². The van der Waals surface area contributed by atoms with E-state index in [0.717, 1.165) is 36.7 Å². The zero-order chi connectivity index (χ0) is 20.4. The Kier molecular flexibility index (Phi) is 5.96. The highest BCUT2D eigenvalue weighted by Crippen LogP contribution is 2.19. The number of ether oxygens (including phenoxy) is 1. The van der Waals surface area contributed by atoms with Gasteiger partial charge in [-0.3, -0.25) is 4.79 Å². The molecule has 11 heteroatoms. The molecule has 1 heterocycles. The summed E-state index contributed by atoms with van der Waals surface area (Å²) in [5.41, 5.74) is -0.262. The van der Waals surface area contributed by atoms with Gasteiger partial charge in [0.2, 0.25) is 15.9 Å². The van der Waals surface area contributed by atoms with Crippen molar-refractivity contribution < 1.29 is 31.5 Å². The molecule has 0 saturated carbocycles. The molecular weight excluding hydrogens is 384 g/mol. The standard InChI is InChI=1S/C16H17F2N3O5S/c1-20-8-11(7-14(20)16(23)26-3)27(24,25)21(2)9-15(22)19-13-5-4-10(17)6-12(13)18/h4-8H,9H2,1-3H3,(H,19,22). The number of amides is 1. The van der Waals surface area contributed by atoms with E-state index in [-0.39, 0.29) is 16.3 Å². The average molecular weight is 401 g/mol. The number of carbonyl (C=O) groups excluding carboxylic acids is 2. The maximum atomic E-state index is 13.6. The number of methoxy groups -OCH3 is 1. The summed E-state index contributed by atoms with van der Waals surface area (Å²) in [6, 6.07) is 3.69. The van der Waals surface area contributed by atoms with Crippen molar-refractivity contribution in [3.63, 3.8) is 0 Å². The summed E-state index contributed by atoms with van der Waals surface area (Å²) in [7, 11) is -0.314. The number of rotatable bonds is 6. The van der Waals surface area contributed by atoms with E-state index >= 15 is 0 Å². The van der Waals surface area contributed by atoms with Gasteiger partial charge in [0.1, 0.15) is 22.2 Å². The van der Waals surface area contributed by atoms with Crippen LogP contribution in [0.1, 0.15) is 10.5 Å². The Morgan fingerprint density at radius 3 is 2.52 bits per heavy atom. The number of anilines is 1. The van der Waals surface area contributed by atoms with Crippen LogP contribution in [0.3, 0.4) is 0 Å². The predicted molar refractivity (Wildman–Crippen MR) is 91.6 cm³/mol. The van der Waals surface area contributed by atoms with Crippen molar-refractivity contribution >= 4 is 27.6 Å². The Bertz CT molecular complexity index is 988. The molecule has 1 N–H and O–H groups in total. The van der Waals surface area contributed by atoms with Gasteiger partial charge in [-0.15, -0.1) is 0 Å². The zero-order valence-electron chi connectivity index (χ0n) is 14.7. The van der Waals surface area contributed by atoms with Crippen LogP contribution in [0.25, 0.3) is 0 Å². The maximum Gasteiger partial charge on any atom is 0.354 e. The molecule has 8 nitrogen and oxygen atoms in total. The maximum absolute atomic E-state index is 13.6. The fourth-order valence-corrected chi connectivity index (χ4v) is 3.43. The lowest BCUT2D eigenvalue weighted by atomic mass is 10.3. The second-order valence-electron chi connectivity index (χ2n) is 5.60. The molecule has 0 saturated heterocycles. The molecule has 0 unspecified atom stereocenters. The fraction of sp³-hybridized carbons (Fsp3) is 0.250. The number of hydrogen-bond donors (Lipinski definition) is 1. The van der Waals surface area contributed by atoms with Gasteiger partial charge in [0.25, 0.3) is 0 Å². The number of carbonyl (C=O) groups is 2. The number of nitrogens with one attached hydrogen (secondary N) is 1. The van der Waals surface area contributed by atoms with E-state index in [1.165, 1.54) is 17.8 Å². The number of esters is 1. The average Bonchev–Trinajstić information content (AvgIpc) is 2.99. The number of likely N-dealkylation sites (N-methyl/N-ethyl adjacent to an activating group) is 1. The summed E-state index contributed by atoms with van der Waals surface area (Å²) < 4.78 is 58.2. The third kappa shape index (κ3) is 4.49. The lowest BCUT2D eigenvalue weighted by Crippen LogP contribution is -2.35. The SMILES string of the molecule is COC(=O)c1cc(S(=O)(=O)N(C)CC(=O)Nc2ccc(F)cc2F)cn1C. The Morgan fingerprint density at radius 1 is 1.26 bits per heavy atom. The highest BCUT2D eigenvalue weighted by atomic mass is 32.2. The highest BCUT2D eigenvalue weighted by molar-refractivity contribution is 7.89. The molecule has 0 bridgehead atoms. The summed E-state index contributed by atoms with van der Waals surface area (Å²) in [6.45, 7) is -0.623. The van der Waals surface area contributed by atoms with Crippen molar-refractivity contribution in [3.05, 3.63) is 47.8 Å². The normalized spacial score (nSPS) is 11.5. The van der Waals surface area contributed by atoms with E-state index in [1.807, 2.05) is 0 Å². The zero-order valence-corrected chi connectivity index (χ0v) is 15.5. The smallest absolute Gasteiger partial charge is 0.354 e. The van der Waals surface area contributed by atoms with E-state index in [0.29, 0.717) is 6.07 Å². The molecule has 2 rings (SSSR count). The lowest BCUT2D eigenvalue weighted by Gasteiger charge is -2.16. The summed E-state index contributed by atoms with van der Waals surface area (Å²) in [5, 5.41) is 2.17. The Labute approximate surface area is 154 Å². The van der Waals surface area contributed by atoms with Gasteiger partial charge >= 0.3 is 5.97 Å². The van der Waals surface area contributed by atoms with Crippen molar-refractivity contribution in [2.24, 2.45) is 7.05 Å². The lowest BCUT2D eigenvalue weighted by molar-refractivity contribution is -0.116. The van der Waals surface area contributed by atoms with Gasteiger partial charge in [-0.2, -0.15) is 4.31 Å². The largest absolute Gasteiger partial charge is 0.464 e. The van der Waals surface area contributed by atoms with Crippen LogP contribution in [0.4, 0.5) is 14.5 Å². The molecule has 0 spiro atoms. The first-order valence-electron chi connectivity index (χ1n) is 7.52. The molecule has 2 aromatic rings. The van der Waals surface area contributed by atoms with Crippen LogP contribution in [-0.2, 0) is 26.6 Å². The quantitative estimate of drug-likeness (QED) is 0.737. The summed E-state index contributed by atoms with van der Waals surface area (Å²) in [4.78, 5) is 23.4. The van der Waals surface area contributed by atoms with Crippen molar-refractivity contribution in [1.29, 1.82) is 0 Å². The summed E-state index contributed by atoms with van der Waals surface area (Å²) in [5.74, 6) is -3.34. The molecule has 1 aromatic heterocycles. The summed E-state index contributed by atoms with van der Waals surface area (Å²) >= 11 is 0. The van der Waals surface area contributed by atoms with Crippen molar-refractivity contribution in [1.82, 2.24) is 8.87 Å². The predicted octanol–water partition coefficient (Wildman–Crippen LogP) is 1.35. The number of halogens is 2. The number of aromatic nitrogens is 1. The molecule has 0 fully saturated rings. The van der Waals surface area contributed by atoms with E-state index in [9.17, 15) is 26.8 Å². The fourth-order valence-electron chi connectivity index (χ4n) is 2.23. The Hall–Kier alpha value is -2.79. The third-order valence-corrected chi connectivity index (χ3v) is 5.42. The molecule has 1 amide bonds. The first-order valence-corrected chi connectivity index (χ1v) is 8.96. The first kappa shape index (κ1) is 20.5. The second kappa shape index (κ2) is 7.84. The van der Waals surface area contributed by atoms with Crippen LogP contribution in [-0.4, -0.2) is 49.9 Å². The summed E-state index contributed by atoms with van der Waals surface area (Å²) in [6.07, 6.45) is 1.20. The van der Waals surface area contributed by atoms with Crippen LogP contribution in [0, 0.1) is 11.6 Å². The molecule has 0 atom stereocenters. The third-order valence-electron chi connectivity index (χ3n) is 3.65. The molecule has 0 aliphatic rings. The molecule has 27 heavy (non-hydrogen) atoms. The monoisotopic (exact) mass is 401 g/mol. The number of hydrogen-bond acceptors (Lipinski definition) is 5. The van der Waals surface area contributed by atoms with Crippen LogP contribution >= 0.6 is 0 Å². The minimum absolute atomic E-state index is 0.0160.